The molecule has 0 bridgehead atoms. The molecule has 0 saturated carbocycles. The molecule has 4 nitrogen and oxygen atoms in total. The summed E-state index contributed by atoms with van der Waals surface area (Å²) >= 11 is 6.95. The molecule has 8 aromatic heterocycles. The van der Waals surface area contributed by atoms with E-state index in [1.54, 1.807) is 63.9 Å². The van der Waals surface area contributed by atoms with Crippen LogP contribution in [0.25, 0.3) is 42.3 Å². The van der Waals surface area contributed by atoms with E-state index < -0.39 is 0 Å². The number of aryl methyl sites for hydroxylation is 4. The van der Waals surface area contributed by atoms with E-state index in [4.69, 9.17) is 0 Å². The van der Waals surface area contributed by atoms with Gasteiger partial charge in [-0.15, -0.1) is 11.3 Å². The van der Waals surface area contributed by atoms with Gasteiger partial charge in [-0.2, -0.15) is 36.4 Å². The van der Waals surface area contributed by atoms with Crippen LogP contribution >= 0.6 is 45.3 Å². The summed E-state index contributed by atoms with van der Waals surface area (Å²) in [7, 11) is 0. The van der Waals surface area contributed by atoms with E-state index in [1.807, 2.05) is 97.2 Å². The summed E-state index contributed by atoms with van der Waals surface area (Å²) in [5, 5.41) is 0. The Morgan fingerprint density at radius 1 is 0.388 bits per heavy atom. The van der Waals surface area contributed by atoms with Crippen LogP contribution in [-0.4, -0.2) is 19.9 Å². The SMILES string of the molecule is Cc1c[c-]c(-c2ccccn2)s1.Cc1c[c-]c(-c2ccccn2)s1.Cc1c[c-]c(-c2ccccn2)s1.Cc1ccc(-c2ccccn2)s1.[Ir+3]. The van der Waals surface area contributed by atoms with Crippen LogP contribution in [0.15, 0.2) is 128 Å². The van der Waals surface area contributed by atoms with Crippen LogP contribution in [-0.2, 0) is 20.1 Å². The topological polar surface area (TPSA) is 51.6 Å². The number of pyridine rings is 4. The zero-order valence-corrected chi connectivity index (χ0v) is 33.0. The third-order valence-electron chi connectivity index (χ3n) is 6.36. The Labute approximate surface area is 318 Å². The van der Waals surface area contributed by atoms with Crippen molar-refractivity contribution in [1.82, 2.24) is 19.9 Å². The van der Waals surface area contributed by atoms with Crippen molar-refractivity contribution in [2.45, 2.75) is 27.7 Å². The summed E-state index contributed by atoms with van der Waals surface area (Å²) in [5.41, 5.74) is 4.09. The van der Waals surface area contributed by atoms with E-state index in [2.05, 4.69) is 78.0 Å². The van der Waals surface area contributed by atoms with Crippen molar-refractivity contribution in [2.24, 2.45) is 0 Å². The average Bonchev–Trinajstić information content (AvgIpc) is 3.97. The van der Waals surface area contributed by atoms with Gasteiger partial charge >= 0.3 is 20.1 Å². The van der Waals surface area contributed by atoms with Crippen molar-refractivity contribution in [3.63, 3.8) is 0 Å². The standard InChI is InChI=1S/C10H9NS.3C10H8NS.Ir/c4*1-8-5-6-10(12-8)9-4-2-3-7-11-9;/h2-7H,1H3;3*2-5,7H,1H3;/q;3*-1;+3. The zero-order valence-electron chi connectivity index (χ0n) is 27.4. The van der Waals surface area contributed by atoms with Crippen LogP contribution in [0.5, 0.6) is 0 Å². The number of thiophene rings is 4. The van der Waals surface area contributed by atoms with Gasteiger partial charge in [0.15, 0.2) is 0 Å². The van der Waals surface area contributed by atoms with Gasteiger partial charge in [-0.1, -0.05) is 92.5 Å². The summed E-state index contributed by atoms with van der Waals surface area (Å²) in [6, 6.07) is 43.5. The van der Waals surface area contributed by atoms with E-state index in [-0.39, 0.29) is 20.1 Å². The quantitative estimate of drug-likeness (QED) is 0.165. The molecule has 0 aliphatic carbocycles. The molecule has 9 heteroatoms. The molecular weight excluding hydrogens is 857 g/mol. The first-order chi connectivity index (χ1) is 23.4. The molecule has 8 rings (SSSR count). The Morgan fingerprint density at radius 2 is 0.735 bits per heavy atom. The summed E-state index contributed by atoms with van der Waals surface area (Å²) in [5.74, 6) is 0. The monoisotopic (exact) mass is 890 g/mol. The predicted octanol–water partition coefficient (Wildman–Crippen LogP) is 11.9. The van der Waals surface area contributed by atoms with Crippen LogP contribution in [0.2, 0.25) is 0 Å². The summed E-state index contributed by atoms with van der Waals surface area (Å²) in [6.45, 7) is 8.34. The molecule has 0 radical (unpaired) electrons. The molecule has 0 atom stereocenters. The molecule has 0 aromatic carbocycles. The van der Waals surface area contributed by atoms with Gasteiger partial charge in [-0.3, -0.25) is 4.98 Å². The van der Waals surface area contributed by atoms with Crippen molar-refractivity contribution in [3.8, 4) is 42.3 Å². The van der Waals surface area contributed by atoms with Gasteiger partial charge in [0.2, 0.25) is 0 Å². The summed E-state index contributed by atoms with van der Waals surface area (Å²) in [4.78, 5) is 26.7. The van der Waals surface area contributed by atoms with E-state index >= 15 is 0 Å². The van der Waals surface area contributed by atoms with E-state index in [9.17, 15) is 0 Å². The van der Waals surface area contributed by atoms with Crippen molar-refractivity contribution in [2.75, 3.05) is 0 Å². The van der Waals surface area contributed by atoms with Crippen LogP contribution < -0.4 is 0 Å². The number of hydrogen-bond acceptors (Lipinski definition) is 8. The Hall–Kier alpha value is -3.95. The van der Waals surface area contributed by atoms with Crippen LogP contribution in [0.4, 0.5) is 0 Å². The molecule has 0 aliphatic heterocycles. The fourth-order valence-electron chi connectivity index (χ4n) is 4.11. The second kappa shape index (κ2) is 19.9. The van der Waals surface area contributed by atoms with Gasteiger partial charge in [0.25, 0.3) is 0 Å². The van der Waals surface area contributed by atoms with Crippen molar-refractivity contribution >= 4 is 45.3 Å². The molecule has 0 N–H and O–H groups in total. The molecule has 0 fully saturated rings. The Morgan fingerprint density at radius 3 is 0.980 bits per heavy atom. The fraction of sp³-hybridized carbons (Fsp3) is 0.100. The first-order valence-electron chi connectivity index (χ1n) is 15.1. The maximum absolute atomic E-state index is 4.27. The normalized spacial score (nSPS) is 9.88. The molecule has 8 aromatic rings. The van der Waals surface area contributed by atoms with E-state index in [1.165, 1.54) is 24.4 Å². The van der Waals surface area contributed by atoms with Gasteiger partial charge in [-0.05, 0) is 66.5 Å². The first-order valence-corrected chi connectivity index (χ1v) is 18.4. The Bertz CT molecular complexity index is 1770. The number of aromatic nitrogens is 4. The summed E-state index contributed by atoms with van der Waals surface area (Å²) < 4.78 is 0. The molecule has 0 spiro atoms. The predicted molar refractivity (Wildman–Crippen MR) is 206 cm³/mol. The first kappa shape index (κ1) is 37.9. The molecule has 246 valence electrons. The Balaban J connectivity index is 0.000000146. The van der Waals surface area contributed by atoms with Gasteiger partial charge in [0.1, 0.15) is 0 Å². The van der Waals surface area contributed by atoms with E-state index in [0.29, 0.717) is 0 Å². The smallest absolute Gasteiger partial charge is 0.319 e. The van der Waals surface area contributed by atoms with Crippen molar-refractivity contribution in [1.29, 1.82) is 0 Å². The molecule has 8 heterocycles. The number of hydrogen-bond donors (Lipinski definition) is 0. The van der Waals surface area contributed by atoms with Crippen LogP contribution in [0.1, 0.15) is 19.5 Å². The minimum atomic E-state index is 0. The van der Waals surface area contributed by atoms with Crippen LogP contribution in [0, 0.1) is 45.9 Å². The molecule has 49 heavy (non-hydrogen) atoms. The maximum atomic E-state index is 4.27. The van der Waals surface area contributed by atoms with Gasteiger partial charge in [-0.25, -0.2) is 34.0 Å². The fourth-order valence-corrected chi connectivity index (χ4v) is 7.31. The second-order valence-corrected chi connectivity index (χ2v) is 15.3. The second-order valence-electron chi connectivity index (χ2n) is 10.3. The third kappa shape index (κ3) is 12.2. The Kier molecular flexibility index (Phi) is 15.4. The minimum Gasteiger partial charge on any atom is -0.319 e. The molecule has 0 unspecified atom stereocenters. The van der Waals surface area contributed by atoms with Gasteiger partial charge < -0.3 is 15.0 Å². The van der Waals surface area contributed by atoms with Gasteiger partial charge in [0.05, 0.1) is 10.6 Å². The molecular formula is C40H33IrN4S4. The number of nitrogens with zero attached hydrogens (tertiary/aromatic N) is 4. The zero-order chi connectivity index (χ0) is 33.6. The summed E-state index contributed by atoms with van der Waals surface area (Å²) in [6.07, 6.45) is 7.24. The molecule has 0 aliphatic rings. The average molecular weight is 890 g/mol. The van der Waals surface area contributed by atoms with Gasteiger partial charge in [0, 0.05) is 29.7 Å². The maximum Gasteiger partial charge on any atom is 3.00 e. The molecule has 0 amide bonds. The third-order valence-corrected chi connectivity index (χ3v) is 10.3. The van der Waals surface area contributed by atoms with E-state index in [0.717, 1.165) is 37.4 Å². The molecule has 0 saturated heterocycles. The van der Waals surface area contributed by atoms with Crippen LogP contribution in [0.3, 0.4) is 0 Å². The number of rotatable bonds is 4. The minimum absolute atomic E-state index is 0. The van der Waals surface area contributed by atoms with Crippen molar-refractivity contribution in [3.05, 3.63) is 166 Å². The largest absolute Gasteiger partial charge is 3.00 e. The van der Waals surface area contributed by atoms with Crippen molar-refractivity contribution < 1.29 is 20.1 Å².